The lowest BCUT2D eigenvalue weighted by atomic mass is 10.2. The van der Waals surface area contributed by atoms with Gasteiger partial charge in [-0.15, -0.1) is 11.3 Å². The maximum atomic E-state index is 13.2. The number of aromatic amines is 1. The zero-order chi connectivity index (χ0) is 23.1. The van der Waals surface area contributed by atoms with E-state index in [2.05, 4.69) is 15.3 Å². The molecule has 0 atom stereocenters. The number of benzene rings is 1. The Balaban J connectivity index is 1.76. The average Bonchev–Trinajstić information content (AvgIpc) is 3.16. The molecule has 0 bridgehead atoms. The Kier molecular flexibility index (Phi) is 8.18. The Hall–Kier alpha value is -2.98. The van der Waals surface area contributed by atoms with Crippen LogP contribution in [0.25, 0.3) is 10.4 Å². The van der Waals surface area contributed by atoms with Crippen LogP contribution in [0.1, 0.15) is 35.6 Å². The lowest BCUT2D eigenvalue weighted by Crippen LogP contribution is -2.17. The first-order chi connectivity index (χ1) is 15.4. The van der Waals surface area contributed by atoms with Gasteiger partial charge in [0.15, 0.2) is 5.16 Å². The van der Waals surface area contributed by atoms with E-state index in [1.807, 2.05) is 6.92 Å². The number of nitrogens with zero attached hydrogens (tertiary/aromatic N) is 1. The van der Waals surface area contributed by atoms with Crippen molar-refractivity contribution in [3.63, 3.8) is 0 Å². The molecule has 0 saturated heterocycles. The molecule has 7 nitrogen and oxygen atoms in total. The van der Waals surface area contributed by atoms with Gasteiger partial charge < -0.3 is 15.0 Å². The standard InChI is InChI=1S/C22H22FN3O4S2/c1-3-5-15-10-18(27)26-22(24-15)31-12-19(28)25-16-11-17(13-6-8-14(23)9-7-13)32-20(16)21(29)30-4-2/h6-11H,3-5,12H2,1-2H3,(H,25,28)(H,24,26,27). The number of hydrogen-bond acceptors (Lipinski definition) is 7. The van der Waals surface area contributed by atoms with Crippen molar-refractivity contribution in [1.82, 2.24) is 9.97 Å². The van der Waals surface area contributed by atoms with Gasteiger partial charge in [-0.25, -0.2) is 14.2 Å². The zero-order valence-electron chi connectivity index (χ0n) is 17.6. The van der Waals surface area contributed by atoms with Crippen LogP contribution in [0.3, 0.4) is 0 Å². The molecular weight excluding hydrogens is 453 g/mol. The molecule has 1 aromatic carbocycles. The Morgan fingerprint density at radius 3 is 2.66 bits per heavy atom. The first kappa shape index (κ1) is 23.7. The third kappa shape index (κ3) is 6.27. The van der Waals surface area contributed by atoms with Gasteiger partial charge in [-0.2, -0.15) is 0 Å². The van der Waals surface area contributed by atoms with Crippen LogP contribution < -0.4 is 10.9 Å². The minimum Gasteiger partial charge on any atom is -0.462 e. The number of hydrogen-bond donors (Lipinski definition) is 2. The number of aryl methyl sites for hydroxylation is 1. The summed E-state index contributed by atoms with van der Waals surface area (Å²) in [5.41, 5.74) is 1.44. The molecule has 0 aliphatic carbocycles. The maximum Gasteiger partial charge on any atom is 0.350 e. The highest BCUT2D eigenvalue weighted by Gasteiger charge is 2.20. The largest absolute Gasteiger partial charge is 0.462 e. The van der Waals surface area contributed by atoms with E-state index >= 15 is 0 Å². The van der Waals surface area contributed by atoms with E-state index in [9.17, 15) is 18.8 Å². The van der Waals surface area contributed by atoms with E-state index < -0.39 is 5.97 Å². The number of thiophene rings is 1. The molecular formula is C22H22FN3O4S2. The molecule has 2 aromatic heterocycles. The molecule has 3 rings (SSSR count). The molecule has 0 aliphatic rings. The van der Waals surface area contributed by atoms with Crippen molar-refractivity contribution < 1.29 is 18.7 Å². The van der Waals surface area contributed by atoms with Crippen molar-refractivity contribution in [2.75, 3.05) is 17.7 Å². The van der Waals surface area contributed by atoms with Crippen molar-refractivity contribution in [2.24, 2.45) is 0 Å². The quantitative estimate of drug-likeness (QED) is 0.269. The first-order valence-electron chi connectivity index (χ1n) is 9.99. The van der Waals surface area contributed by atoms with Crippen LogP contribution in [0.5, 0.6) is 0 Å². The monoisotopic (exact) mass is 475 g/mol. The van der Waals surface area contributed by atoms with E-state index in [1.54, 1.807) is 25.1 Å². The number of carbonyl (C=O) groups is 2. The average molecular weight is 476 g/mol. The van der Waals surface area contributed by atoms with Gasteiger partial charge in [-0.3, -0.25) is 9.59 Å². The van der Waals surface area contributed by atoms with Crippen molar-refractivity contribution in [2.45, 2.75) is 31.8 Å². The summed E-state index contributed by atoms with van der Waals surface area (Å²) < 4.78 is 18.4. The number of anilines is 1. The molecule has 0 fully saturated rings. The molecule has 0 spiro atoms. The lowest BCUT2D eigenvalue weighted by Gasteiger charge is -2.06. The molecule has 2 N–H and O–H groups in total. The third-order valence-electron chi connectivity index (χ3n) is 4.21. The SMILES string of the molecule is CCCc1cc(=O)[nH]c(SCC(=O)Nc2cc(-c3ccc(F)cc3)sc2C(=O)OCC)n1. The summed E-state index contributed by atoms with van der Waals surface area (Å²) in [4.78, 5) is 44.6. The fourth-order valence-electron chi connectivity index (χ4n) is 2.84. The smallest absolute Gasteiger partial charge is 0.350 e. The summed E-state index contributed by atoms with van der Waals surface area (Å²) in [5.74, 6) is -1.29. The topological polar surface area (TPSA) is 101 Å². The summed E-state index contributed by atoms with van der Waals surface area (Å²) in [5, 5.41) is 3.09. The Morgan fingerprint density at radius 2 is 1.97 bits per heavy atom. The molecule has 32 heavy (non-hydrogen) atoms. The van der Waals surface area contributed by atoms with E-state index in [4.69, 9.17) is 4.74 Å². The van der Waals surface area contributed by atoms with Gasteiger partial charge in [-0.1, -0.05) is 37.2 Å². The van der Waals surface area contributed by atoms with Gasteiger partial charge in [0, 0.05) is 16.6 Å². The van der Waals surface area contributed by atoms with Gasteiger partial charge in [0.1, 0.15) is 10.7 Å². The molecule has 1 amide bonds. The number of halogens is 1. The van der Waals surface area contributed by atoms with Crippen LogP contribution in [-0.4, -0.2) is 34.2 Å². The van der Waals surface area contributed by atoms with Crippen LogP contribution >= 0.6 is 23.1 Å². The summed E-state index contributed by atoms with van der Waals surface area (Å²) in [6.07, 6.45) is 1.53. The number of nitrogens with one attached hydrogen (secondary N) is 2. The summed E-state index contributed by atoms with van der Waals surface area (Å²) >= 11 is 2.25. The Morgan fingerprint density at radius 1 is 1.22 bits per heavy atom. The van der Waals surface area contributed by atoms with Gasteiger partial charge in [0.05, 0.1) is 18.0 Å². The number of esters is 1. The van der Waals surface area contributed by atoms with Gasteiger partial charge >= 0.3 is 5.97 Å². The predicted molar refractivity (Wildman–Crippen MR) is 124 cm³/mol. The number of rotatable bonds is 9. The molecule has 0 aliphatic heterocycles. The number of carbonyl (C=O) groups excluding carboxylic acids is 2. The van der Waals surface area contributed by atoms with Crippen molar-refractivity contribution in [3.05, 3.63) is 63.1 Å². The van der Waals surface area contributed by atoms with Crippen molar-refractivity contribution in [3.8, 4) is 10.4 Å². The summed E-state index contributed by atoms with van der Waals surface area (Å²) in [6.45, 7) is 3.88. The van der Waals surface area contributed by atoms with E-state index in [0.29, 0.717) is 33.4 Å². The Bertz CT molecular complexity index is 1160. The lowest BCUT2D eigenvalue weighted by molar-refractivity contribution is -0.113. The summed E-state index contributed by atoms with van der Waals surface area (Å²) in [6, 6.07) is 8.96. The van der Waals surface area contributed by atoms with E-state index in [0.717, 1.165) is 29.5 Å². The summed E-state index contributed by atoms with van der Waals surface area (Å²) in [7, 11) is 0. The highest BCUT2D eigenvalue weighted by molar-refractivity contribution is 7.99. The second-order valence-electron chi connectivity index (χ2n) is 6.71. The number of ether oxygens (including phenoxy) is 1. The second kappa shape index (κ2) is 11.1. The molecule has 10 heteroatoms. The van der Waals surface area contributed by atoms with Crippen molar-refractivity contribution in [1.29, 1.82) is 0 Å². The normalized spacial score (nSPS) is 10.7. The fourth-order valence-corrected chi connectivity index (χ4v) is 4.55. The van der Waals surface area contributed by atoms with Crippen molar-refractivity contribution >= 4 is 40.7 Å². The molecule has 0 saturated carbocycles. The number of thioether (sulfide) groups is 1. The van der Waals surface area contributed by atoms with Gasteiger partial charge in [-0.05, 0) is 37.1 Å². The third-order valence-corrected chi connectivity index (χ3v) is 6.25. The highest BCUT2D eigenvalue weighted by atomic mass is 32.2. The molecule has 0 unspecified atom stereocenters. The van der Waals surface area contributed by atoms with Crippen LogP contribution in [0.2, 0.25) is 0 Å². The number of aromatic nitrogens is 2. The van der Waals surface area contributed by atoms with Crippen LogP contribution in [0.4, 0.5) is 10.1 Å². The van der Waals surface area contributed by atoms with Gasteiger partial charge in [0.2, 0.25) is 5.91 Å². The first-order valence-corrected chi connectivity index (χ1v) is 11.8. The maximum absolute atomic E-state index is 13.2. The van der Waals surface area contributed by atoms with Gasteiger partial charge in [0.25, 0.3) is 5.56 Å². The van der Waals surface area contributed by atoms with E-state index in [1.165, 1.54) is 18.2 Å². The zero-order valence-corrected chi connectivity index (χ0v) is 19.2. The Labute approximate surface area is 192 Å². The van der Waals surface area contributed by atoms with Crippen LogP contribution in [0, 0.1) is 5.82 Å². The minimum atomic E-state index is -0.549. The fraction of sp³-hybridized carbons (Fsp3) is 0.273. The molecule has 0 radical (unpaired) electrons. The number of H-pyrrole nitrogens is 1. The second-order valence-corrected chi connectivity index (χ2v) is 8.73. The van der Waals surface area contributed by atoms with Crippen LogP contribution in [-0.2, 0) is 16.0 Å². The van der Waals surface area contributed by atoms with Crippen LogP contribution in [0.15, 0.2) is 46.3 Å². The molecule has 2 heterocycles. The predicted octanol–water partition coefficient (Wildman–Crippen LogP) is 4.50. The minimum absolute atomic E-state index is 0.0114. The number of amides is 1. The molecule has 3 aromatic rings. The highest BCUT2D eigenvalue weighted by Crippen LogP contribution is 2.35. The van der Waals surface area contributed by atoms with E-state index in [-0.39, 0.29) is 34.5 Å². The molecule has 168 valence electrons.